The van der Waals surface area contributed by atoms with Gasteiger partial charge in [0.2, 0.25) is 0 Å². The minimum atomic E-state index is 0. The van der Waals surface area contributed by atoms with Crippen molar-refractivity contribution in [2.45, 2.75) is 80.1 Å². The number of rotatable bonds is 4. The van der Waals surface area contributed by atoms with Crippen molar-refractivity contribution in [1.29, 1.82) is 0 Å². The third-order valence-electron chi connectivity index (χ3n) is 3.40. The Hall–Kier alpha value is 0.504. The second-order valence-electron chi connectivity index (χ2n) is 5.06. The van der Waals surface area contributed by atoms with Gasteiger partial charge in [0.25, 0.3) is 0 Å². The van der Waals surface area contributed by atoms with Gasteiger partial charge in [-0.15, -0.1) is 19.2 Å². The van der Waals surface area contributed by atoms with E-state index in [9.17, 15) is 0 Å². The first-order chi connectivity index (χ1) is 10.9. The molecule has 0 fully saturated rings. The summed E-state index contributed by atoms with van der Waals surface area (Å²) in [6, 6.07) is 0. The molecule has 1 radical (unpaired) electrons. The van der Waals surface area contributed by atoms with E-state index < -0.39 is 0 Å². The largest absolute Gasteiger partial charge is 0.659 e. The summed E-state index contributed by atoms with van der Waals surface area (Å²) in [5.41, 5.74) is 3.27. The zero-order valence-corrected chi connectivity index (χ0v) is 19.6. The molecule has 0 saturated heterocycles. The molecule has 23 heavy (non-hydrogen) atoms. The van der Waals surface area contributed by atoms with Crippen molar-refractivity contribution in [3.8, 4) is 0 Å². The molecular weight excluding hydrogens is 357 g/mol. The Labute approximate surface area is 172 Å². The summed E-state index contributed by atoms with van der Waals surface area (Å²) in [6.07, 6.45) is 12.3. The molecule has 0 unspecified atom stereocenters. The Balaban J connectivity index is -0.000000276. The van der Waals surface area contributed by atoms with Crippen LogP contribution in [0.15, 0.2) is 23.3 Å². The van der Waals surface area contributed by atoms with E-state index in [0.29, 0.717) is 0 Å². The average Bonchev–Trinajstić information content (AvgIpc) is 2.62. The SMILES string of the molecule is CC.CC.CCCC1=CCNCC1.CCCC1=CC[N-]CC1.[Y]. The molecule has 0 amide bonds. The van der Waals surface area contributed by atoms with Gasteiger partial charge in [0.15, 0.2) is 0 Å². The molecule has 2 nitrogen and oxygen atoms in total. The minimum Gasteiger partial charge on any atom is -0.659 e. The van der Waals surface area contributed by atoms with Crippen LogP contribution in [0.1, 0.15) is 80.1 Å². The maximum atomic E-state index is 4.23. The van der Waals surface area contributed by atoms with Gasteiger partial charge in [0, 0.05) is 39.3 Å². The van der Waals surface area contributed by atoms with Crippen LogP contribution in [0.3, 0.4) is 0 Å². The molecule has 0 aliphatic carbocycles. The Morgan fingerprint density at radius 1 is 0.913 bits per heavy atom. The smallest absolute Gasteiger partial charge is 0.0137 e. The van der Waals surface area contributed by atoms with Crippen molar-refractivity contribution >= 4 is 0 Å². The van der Waals surface area contributed by atoms with E-state index in [1.807, 2.05) is 27.7 Å². The molecule has 1 N–H and O–H groups in total. The van der Waals surface area contributed by atoms with E-state index in [1.165, 1.54) is 45.1 Å². The summed E-state index contributed by atoms with van der Waals surface area (Å²) in [5, 5.41) is 7.53. The second-order valence-corrected chi connectivity index (χ2v) is 5.06. The van der Waals surface area contributed by atoms with Crippen LogP contribution in [0, 0.1) is 0 Å². The van der Waals surface area contributed by atoms with Gasteiger partial charge in [-0.2, -0.15) is 0 Å². The molecule has 0 spiro atoms. The quantitative estimate of drug-likeness (QED) is 0.557. The summed E-state index contributed by atoms with van der Waals surface area (Å²) in [4.78, 5) is 0. The van der Waals surface area contributed by atoms with Crippen LogP contribution in [-0.4, -0.2) is 26.2 Å². The maximum absolute atomic E-state index is 4.23. The van der Waals surface area contributed by atoms with Gasteiger partial charge in [0.1, 0.15) is 0 Å². The normalized spacial score (nSPS) is 15.7. The molecule has 135 valence electrons. The van der Waals surface area contributed by atoms with Gasteiger partial charge in [-0.3, -0.25) is 0 Å². The number of hydrogen-bond acceptors (Lipinski definition) is 1. The van der Waals surface area contributed by atoms with Gasteiger partial charge < -0.3 is 10.6 Å². The molecule has 0 atom stereocenters. The fourth-order valence-corrected chi connectivity index (χ4v) is 2.38. The van der Waals surface area contributed by atoms with E-state index >= 15 is 0 Å². The predicted molar refractivity (Wildman–Crippen MR) is 104 cm³/mol. The van der Waals surface area contributed by atoms with E-state index in [2.05, 4.69) is 36.6 Å². The molecule has 2 aliphatic rings. The van der Waals surface area contributed by atoms with E-state index in [-0.39, 0.29) is 32.7 Å². The molecule has 0 saturated carbocycles. The molecule has 0 aromatic carbocycles. The molecule has 0 aromatic rings. The van der Waals surface area contributed by atoms with Crippen LogP contribution >= 0.6 is 0 Å². The van der Waals surface area contributed by atoms with Crippen LogP contribution < -0.4 is 5.32 Å². The first-order valence-electron chi connectivity index (χ1n) is 9.56. The van der Waals surface area contributed by atoms with Gasteiger partial charge in [-0.05, 0) is 25.8 Å². The molecule has 0 bridgehead atoms. The summed E-state index contributed by atoms with van der Waals surface area (Å²) >= 11 is 0. The second kappa shape index (κ2) is 24.8. The van der Waals surface area contributed by atoms with Crippen molar-refractivity contribution in [3.05, 3.63) is 28.6 Å². The Morgan fingerprint density at radius 2 is 1.48 bits per heavy atom. The standard InChI is InChI=1S/C8H15N.C8H14N.2C2H6.Y/c2*1-2-3-8-4-6-9-7-5-8;2*1-2;/h4,9H,2-3,5-7H2,1H3;4H,2-3,5-7H2,1H3;2*1-2H3;/q;-1;;;. The summed E-state index contributed by atoms with van der Waals surface area (Å²) in [5.74, 6) is 0. The Kier molecular flexibility index (Phi) is 30.5. The topological polar surface area (TPSA) is 26.1 Å². The molecule has 2 rings (SSSR count). The van der Waals surface area contributed by atoms with Crippen LogP contribution in [0.25, 0.3) is 5.32 Å². The van der Waals surface area contributed by atoms with Crippen molar-refractivity contribution in [2.24, 2.45) is 0 Å². The van der Waals surface area contributed by atoms with Crippen molar-refractivity contribution < 1.29 is 32.7 Å². The van der Waals surface area contributed by atoms with Crippen LogP contribution in [-0.2, 0) is 32.7 Å². The maximum Gasteiger partial charge on any atom is 0.0137 e. The third kappa shape index (κ3) is 18.7. The van der Waals surface area contributed by atoms with Gasteiger partial charge in [0.05, 0.1) is 0 Å². The van der Waals surface area contributed by atoms with Crippen molar-refractivity contribution in [1.82, 2.24) is 5.32 Å². The van der Waals surface area contributed by atoms with Crippen LogP contribution in [0.5, 0.6) is 0 Å². The summed E-state index contributed by atoms with van der Waals surface area (Å²) in [7, 11) is 0. The zero-order chi connectivity index (χ0) is 17.1. The minimum absolute atomic E-state index is 0. The number of nitrogens with one attached hydrogen (secondary N) is 1. The Morgan fingerprint density at radius 3 is 1.87 bits per heavy atom. The number of nitrogens with zero attached hydrogens (tertiary/aromatic N) is 1. The van der Waals surface area contributed by atoms with E-state index in [4.69, 9.17) is 0 Å². The first-order valence-corrected chi connectivity index (χ1v) is 9.56. The first kappa shape index (κ1) is 28.3. The average molecular weight is 398 g/mol. The van der Waals surface area contributed by atoms with Gasteiger partial charge in [-0.25, -0.2) is 0 Å². The molecule has 3 heteroatoms. The molecule has 2 aliphatic heterocycles. The summed E-state index contributed by atoms with van der Waals surface area (Å²) in [6.45, 7) is 16.8. The summed E-state index contributed by atoms with van der Waals surface area (Å²) < 4.78 is 0. The third-order valence-corrected chi connectivity index (χ3v) is 3.40. The Bertz CT molecular complexity index is 245. The molecular formula is C20H41N2Y-. The molecule has 2 heterocycles. The van der Waals surface area contributed by atoms with Crippen molar-refractivity contribution in [3.63, 3.8) is 0 Å². The molecule has 0 aromatic heterocycles. The van der Waals surface area contributed by atoms with Gasteiger partial charge >= 0.3 is 0 Å². The zero-order valence-electron chi connectivity index (χ0n) is 16.8. The van der Waals surface area contributed by atoms with E-state index in [0.717, 1.165) is 19.6 Å². The number of hydrogen-bond donors (Lipinski definition) is 1. The fraction of sp³-hybridized carbons (Fsp3) is 0.800. The fourth-order valence-electron chi connectivity index (χ4n) is 2.38. The van der Waals surface area contributed by atoms with Crippen LogP contribution in [0.2, 0.25) is 0 Å². The predicted octanol–water partition coefficient (Wildman–Crippen LogP) is 6.25. The monoisotopic (exact) mass is 398 g/mol. The van der Waals surface area contributed by atoms with Crippen LogP contribution in [0.4, 0.5) is 0 Å². The van der Waals surface area contributed by atoms with Crippen molar-refractivity contribution in [2.75, 3.05) is 26.2 Å². The van der Waals surface area contributed by atoms with E-state index in [1.54, 1.807) is 11.1 Å². The van der Waals surface area contributed by atoms with Gasteiger partial charge in [-0.1, -0.05) is 78.0 Å².